The van der Waals surface area contributed by atoms with E-state index in [1.165, 1.54) is 5.56 Å². The number of para-hydroxylation sites is 1. The minimum Gasteiger partial charge on any atom is -0.359 e. The van der Waals surface area contributed by atoms with Crippen molar-refractivity contribution in [2.24, 2.45) is 0 Å². The smallest absolute Gasteiger partial charge is 0.187 e. The first kappa shape index (κ1) is 14.1. The second-order valence-corrected chi connectivity index (χ2v) is 4.69. The Bertz CT molecular complexity index is 614. The maximum absolute atomic E-state index is 12.1. The lowest BCUT2D eigenvalue weighted by Gasteiger charge is -2.10. The van der Waals surface area contributed by atoms with E-state index >= 15 is 0 Å². The average molecular weight is 265 g/mol. The summed E-state index contributed by atoms with van der Waals surface area (Å²) in [4.78, 5) is 12.1. The molecule has 2 rings (SSSR count). The van der Waals surface area contributed by atoms with E-state index in [0.29, 0.717) is 5.56 Å². The van der Waals surface area contributed by atoms with Crippen molar-refractivity contribution in [2.75, 3.05) is 5.32 Å². The van der Waals surface area contributed by atoms with Crippen LogP contribution in [-0.2, 0) is 6.42 Å². The maximum atomic E-state index is 12.1. The molecule has 0 atom stereocenters. The van der Waals surface area contributed by atoms with Crippen LogP contribution in [0.3, 0.4) is 0 Å². The van der Waals surface area contributed by atoms with Crippen LogP contribution in [0.1, 0.15) is 29.8 Å². The second-order valence-electron chi connectivity index (χ2n) is 4.69. The maximum Gasteiger partial charge on any atom is 0.187 e. The summed E-state index contributed by atoms with van der Waals surface area (Å²) >= 11 is 0. The molecule has 2 heteroatoms. The number of aryl methyl sites for hydroxylation is 1. The van der Waals surface area contributed by atoms with Gasteiger partial charge in [0.25, 0.3) is 0 Å². The first-order valence-electron chi connectivity index (χ1n) is 6.83. The molecule has 2 aromatic rings. The normalized spacial score (nSPS) is 11.2. The molecule has 0 aliphatic heterocycles. The number of allylic oxidation sites excluding steroid dienone is 2. The van der Waals surface area contributed by atoms with Crippen molar-refractivity contribution >= 4 is 11.5 Å². The lowest BCUT2D eigenvalue weighted by Crippen LogP contribution is -2.03. The Morgan fingerprint density at radius 2 is 1.70 bits per heavy atom. The predicted octanol–water partition coefficient (Wildman–Crippen LogP) is 4.45. The van der Waals surface area contributed by atoms with Crippen LogP contribution in [0.15, 0.2) is 66.4 Å². The minimum atomic E-state index is 0.0181. The van der Waals surface area contributed by atoms with Gasteiger partial charge in [0, 0.05) is 23.0 Å². The van der Waals surface area contributed by atoms with Crippen LogP contribution in [0.2, 0.25) is 0 Å². The number of carbonyl (C=O) groups excluding carboxylic acids is 1. The third-order valence-corrected chi connectivity index (χ3v) is 3.14. The van der Waals surface area contributed by atoms with Gasteiger partial charge in [-0.25, -0.2) is 0 Å². The molecule has 0 bridgehead atoms. The van der Waals surface area contributed by atoms with Crippen LogP contribution in [0.4, 0.5) is 5.69 Å². The van der Waals surface area contributed by atoms with Crippen molar-refractivity contribution in [1.82, 2.24) is 0 Å². The first-order valence-corrected chi connectivity index (χ1v) is 6.83. The third kappa shape index (κ3) is 3.58. The van der Waals surface area contributed by atoms with Gasteiger partial charge in [-0.05, 0) is 25.0 Å². The molecular formula is C18H19NO. The van der Waals surface area contributed by atoms with Gasteiger partial charge in [-0.3, -0.25) is 4.79 Å². The molecule has 102 valence electrons. The Hall–Kier alpha value is -2.35. The van der Waals surface area contributed by atoms with E-state index in [9.17, 15) is 4.79 Å². The van der Waals surface area contributed by atoms with Crippen molar-refractivity contribution in [2.45, 2.75) is 20.3 Å². The van der Waals surface area contributed by atoms with Crippen molar-refractivity contribution in [3.8, 4) is 0 Å². The van der Waals surface area contributed by atoms with Gasteiger partial charge in [-0.1, -0.05) is 55.5 Å². The summed E-state index contributed by atoms with van der Waals surface area (Å²) < 4.78 is 0. The Kier molecular flexibility index (Phi) is 4.72. The SMILES string of the molecule is CCc1ccccc1N/C(C)=C/C(=O)c1ccccc1. The lowest BCUT2D eigenvalue weighted by molar-refractivity contribution is 0.104. The fourth-order valence-electron chi connectivity index (χ4n) is 2.08. The largest absolute Gasteiger partial charge is 0.359 e. The number of hydrogen-bond acceptors (Lipinski definition) is 2. The van der Waals surface area contributed by atoms with Gasteiger partial charge in [0.05, 0.1) is 0 Å². The highest BCUT2D eigenvalue weighted by Crippen LogP contribution is 2.17. The summed E-state index contributed by atoms with van der Waals surface area (Å²) in [7, 11) is 0. The van der Waals surface area contributed by atoms with Crippen molar-refractivity contribution in [3.63, 3.8) is 0 Å². The molecule has 20 heavy (non-hydrogen) atoms. The van der Waals surface area contributed by atoms with E-state index in [1.807, 2.05) is 55.5 Å². The lowest BCUT2D eigenvalue weighted by atomic mass is 10.1. The van der Waals surface area contributed by atoms with E-state index in [-0.39, 0.29) is 5.78 Å². The fourth-order valence-corrected chi connectivity index (χ4v) is 2.08. The van der Waals surface area contributed by atoms with Crippen molar-refractivity contribution in [3.05, 3.63) is 77.5 Å². The molecule has 0 saturated carbocycles. The topological polar surface area (TPSA) is 29.1 Å². The summed E-state index contributed by atoms with van der Waals surface area (Å²) in [5.41, 5.74) is 3.86. The van der Waals surface area contributed by atoms with Crippen LogP contribution >= 0.6 is 0 Å². The highest BCUT2D eigenvalue weighted by atomic mass is 16.1. The Labute approximate surface area is 120 Å². The highest BCUT2D eigenvalue weighted by Gasteiger charge is 2.03. The summed E-state index contributed by atoms with van der Waals surface area (Å²) in [6.07, 6.45) is 2.60. The van der Waals surface area contributed by atoms with Crippen LogP contribution < -0.4 is 5.32 Å². The van der Waals surface area contributed by atoms with Gasteiger partial charge in [-0.2, -0.15) is 0 Å². The number of rotatable bonds is 5. The van der Waals surface area contributed by atoms with Crippen molar-refractivity contribution < 1.29 is 4.79 Å². The van der Waals surface area contributed by atoms with E-state index < -0.39 is 0 Å². The van der Waals surface area contributed by atoms with Crippen LogP contribution in [0.25, 0.3) is 0 Å². The number of carbonyl (C=O) groups is 1. The van der Waals surface area contributed by atoms with Gasteiger partial charge >= 0.3 is 0 Å². The minimum absolute atomic E-state index is 0.0181. The van der Waals surface area contributed by atoms with Crippen molar-refractivity contribution in [1.29, 1.82) is 0 Å². The average Bonchev–Trinajstić information content (AvgIpc) is 2.48. The number of ketones is 1. The molecule has 0 spiro atoms. The summed E-state index contributed by atoms with van der Waals surface area (Å²) in [5.74, 6) is 0.0181. The standard InChI is InChI=1S/C18H19NO/c1-3-15-9-7-8-12-17(15)19-14(2)13-18(20)16-10-5-4-6-11-16/h4-13,19H,3H2,1-2H3/b14-13+. The molecule has 0 aromatic heterocycles. The molecule has 0 radical (unpaired) electrons. The molecule has 0 saturated heterocycles. The second kappa shape index (κ2) is 6.71. The number of benzene rings is 2. The molecule has 0 amide bonds. The molecule has 2 nitrogen and oxygen atoms in total. The predicted molar refractivity (Wildman–Crippen MR) is 84.0 cm³/mol. The summed E-state index contributed by atoms with van der Waals surface area (Å²) in [5, 5.41) is 3.30. The van der Waals surface area contributed by atoms with E-state index in [2.05, 4.69) is 18.3 Å². The number of nitrogens with one attached hydrogen (secondary N) is 1. The zero-order valence-corrected chi connectivity index (χ0v) is 11.9. The number of hydrogen-bond donors (Lipinski definition) is 1. The van der Waals surface area contributed by atoms with E-state index in [4.69, 9.17) is 0 Å². The molecule has 0 aliphatic rings. The summed E-state index contributed by atoms with van der Waals surface area (Å²) in [6, 6.07) is 17.4. The van der Waals surface area contributed by atoms with Gasteiger partial charge in [0.2, 0.25) is 0 Å². The zero-order chi connectivity index (χ0) is 14.4. The highest BCUT2D eigenvalue weighted by molar-refractivity contribution is 6.05. The van der Waals surface area contributed by atoms with E-state index in [1.54, 1.807) is 6.08 Å². The number of anilines is 1. The fraction of sp³-hybridized carbons (Fsp3) is 0.167. The zero-order valence-electron chi connectivity index (χ0n) is 11.9. The molecule has 0 unspecified atom stereocenters. The summed E-state index contributed by atoms with van der Waals surface area (Å²) in [6.45, 7) is 4.03. The van der Waals surface area contributed by atoms with Crippen LogP contribution in [0, 0.1) is 0 Å². The van der Waals surface area contributed by atoms with Gasteiger partial charge in [0.15, 0.2) is 5.78 Å². The monoisotopic (exact) mass is 265 g/mol. The Balaban J connectivity index is 2.13. The molecular weight excluding hydrogens is 246 g/mol. The molecule has 1 N–H and O–H groups in total. The molecule has 0 heterocycles. The third-order valence-electron chi connectivity index (χ3n) is 3.14. The Morgan fingerprint density at radius 1 is 1.05 bits per heavy atom. The van der Waals surface area contributed by atoms with Gasteiger partial charge < -0.3 is 5.32 Å². The Morgan fingerprint density at radius 3 is 2.40 bits per heavy atom. The molecule has 2 aromatic carbocycles. The van der Waals surface area contributed by atoms with Crippen LogP contribution in [0.5, 0.6) is 0 Å². The van der Waals surface area contributed by atoms with Gasteiger partial charge in [-0.15, -0.1) is 0 Å². The molecule has 0 aliphatic carbocycles. The quantitative estimate of drug-likeness (QED) is 0.639. The van der Waals surface area contributed by atoms with Crippen LogP contribution in [-0.4, -0.2) is 5.78 Å². The molecule has 0 fully saturated rings. The first-order chi connectivity index (χ1) is 9.70. The van der Waals surface area contributed by atoms with E-state index in [0.717, 1.165) is 17.8 Å². The van der Waals surface area contributed by atoms with Gasteiger partial charge in [0.1, 0.15) is 0 Å².